The third-order valence-electron chi connectivity index (χ3n) is 3.53. The summed E-state index contributed by atoms with van der Waals surface area (Å²) in [5, 5.41) is 6.99. The molecule has 0 fully saturated rings. The Hall–Kier alpha value is -2.75. The highest BCUT2D eigenvalue weighted by Crippen LogP contribution is 2.24. The summed E-state index contributed by atoms with van der Waals surface area (Å²) < 4.78 is 42.0. The number of anilines is 1. The van der Waals surface area contributed by atoms with E-state index in [9.17, 15) is 13.2 Å². The predicted octanol–water partition coefficient (Wildman–Crippen LogP) is 2.35. The van der Waals surface area contributed by atoms with Crippen LogP contribution in [0.3, 0.4) is 0 Å². The number of likely N-dealkylation sites (N-methyl/N-ethyl adjacent to an activating group) is 1. The van der Waals surface area contributed by atoms with E-state index in [2.05, 4.69) is 20.1 Å². The number of guanidine groups is 1. The molecule has 0 spiro atoms. The number of hydrogen-bond donors (Lipinski definition) is 2. The van der Waals surface area contributed by atoms with E-state index in [0.717, 1.165) is 5.56 Å². The number of aliphatic imine (C=N–C) groups is 1. The Kier molecular flexibility index (Phi) is 6.09. The Morgan fingerprint density at radius 3 is 2.50 bits per heavy atom. The van der Waals surface area contributed by atoms with Gasteiger partial charge in [0.1, 0.15) is 5.75 Å². The van der Waals surface area contributed by atoms with E-state index in [4.69, 9.17) is 5.73 Å². The topological polar surface area (TPSA) is 80.7 Å². The van der Waals surface area contributed by atoms with Gasteiger partial charge in [0.25, 0.3) is 0 Å². The van der Waals surface area contributed by atoms with Crippen molar-refractivity contribution >= 4 is 11.6 Å². The molecule has 10 heteroatoms. The maximum absolute atomic E-state index is 12.1. The summed E-state index contributed by atoms with van der Waals surface area (Å²) >= 11 is 0. The van der Waals surface area contributed by atoms with Crippen molar-refractivity contribution < 1.29 is 17.9 Å². The molecule has 142 valence electrons. The van der Waals surface area contributed by atoms with Crippen molar-refractivity contribution in [1.29, 1.82) is 0 Å². The molecule has 1 atom stereocenters. The number of rotatable bonds is 6. The molecular formula is C16H21F3N6O. The first-order valence-corrected chi connectivity index (χ1v) is 7.72. The summed E-state index contributed by atoms with van der Waals surface area (Å²) in [5.74, 6) is -0.145. The quantitative estimate of drug-likeness (QED) is 0.603. The van der Waals surface area contributed by atoms with Crippen molar-refractivity contribution in [2.45, 2.75) is 12.4 Å². The first-order chi connectivity index (χ1) is 12.1. The molecule has 0 saturated heterocycles. The first kappa shape index (κ1) is 19.6. The predicted molar refractivity (Wildman–Crippen MR) is 92.9 cm³/mol. The second-order valence-corrected chi connectivity index (χ2v) is 5.85. The van der Waals surface area contributed by atoms with Gasteiger partial charge in [-0.1, -0.05) is 0 Å². The lowest BCUT2D eigenvalue weighted by Crippen LogP contribution is -2.27. The van der Waals surface area contributed by atoms with Crippen LogP contribution in [0.1, 0.15) is 11.6 Å². The Labute approximate surface area is 149 Å². The van der Waals surface area contributed by atoms with Gasteiger partial charge in [-0.25, -0.2) is 0 Å². The smallest absolute Gasteiger partial charge is 0.406 e. The van der Waals surface area contributed by atoms with Crippen LogP contribution in [0.5, 0.6) is 5.75 Å². The minimum Gasteiger partial charge on any atom is -0.406 e. The number of benzene rings is 1. The summed E-state index contributed by atoms with van der Waals surface area (Å²) in [7, 11) is 5.69. The molecule has 1 aromatic heterocycles. The fraction of sp³-hybridized carbons (Fsp3) is 0.375. The van der Waals surface area contributed by atoms with E-state index in [1.54, 1.807) is 10.9 Å². The average Bonchev–Trinajstić information content (AvgIpc) is 2.94. The molecule has 0 aliphatic rings. The van der Waals surface area contributed by atoms with Crippen LogP contribution in [0.15, 0.2) is 41.7 Å². The second kappa shape index (κ2) is 8.09. The van der Waals surface area contributed by atoms with Crippen LogP contribution in [0.4, 0.5) is 18.9 Å². The van der Waals surface area contributed by atoms with Crippen molar-refractivity contribution in [3.05, 3.63) is 42.2 Å². The zero-order valence-corrected chi connectivity index (χ0v) is 14.7. The van der Waals surface area contributed by atoms with E-state index < -0.39 is 6.36 Å². The number of ether oxygens (including phenoxy) is 1. The second-order valence-electron chi connectivity index (χ2n) is 5.85. The molecule has 0 aliphatic heterocycles. The minimum atomic E-state index is -4.72. The van der Waals surface area contributed by atoms with Crippen molar-refractivity contribution in [2.24, 2.45) is 17.8 Å². The van der Waals surface area contributed by atoms with Gasteiger partial charge in [-0.3, -0.25) is 9.67 Å². The summed E-state index contributed by atoms with van der Waals surface area (Å²) in [6.45, 7) is 0.396. The largest absolute Gasteiger partial charge is 0.573 e. The number of nitrogens with zero attached hydrogens (tertiary/aromatic N) is 4. The van der Waals surface area contributed by atoms with Gasteiger partial charge in [-0.15, -0.1) is 13.2 Å². The third kappa shape index (κ3) is 5.96. The van der Waals surface area contributed by atoms with E-state index in [1.807, 2.05) is 32.2 Å². The zero-order chi connectivity index (χ0) is 19.3. The molecule has 0 amide bonds. The van der Waals surface area contributed by atoms with Crippen LogP contribution in [0.2, 0.25) is 0 Å². The van der Waals surface area contributed by atoms with Crippen LogP contribution < -0.4 is 15.8 Å². The lowest BCUT2D eigenvalue weighted by atomic mass is 10.1. The Morgan fingerprint density at radius 2 is 2.00 bits per heavy atom. The molecule has 0 radical (unpaired) electrons. The molecule has 3 N–H and O–H groups in total. The van der Waals surface area contributed by atoms with Crippen LogP contribution in [0.25, 0.3) is 0 Å². The van der Waals surface area contributed by atoms with Crippen molar-refractivity contribution in [3.8, 4) is 5.75 Å². The van der Waals surface area contributed by atoms with Gasteiger partial charge in [0.2, 0.25) is 0 Å². The molecule has 0 bridgehead atoms. The Morgan fingerprint density at radius 1 is 1.35 bits per heavy atom. The van der Waals surface area contributed by atoms with Gasteiger partial charge in [-0.2, -0.15) is 5.10 Å². The highest BCUT2D eigenvalue weighted by Gasteiger charge is 2.30. The normalized spacial score (nSPS) is 13.7. The maximum atomic E-state index is 12.1. The van der Waals surface area contributed by atoms with Crippen LogP contribution in [-0.2, 0) is 7.05 Å². The van der Waals surface area contributed by atoms with Crippen LogP contribution >= 0.6 is 0 Å². The molecule has 1 heterocycles. The number of nitrogens with one attached hydrogen (secondary N) is 1. The molecular weight excluding hydrogens is 349 g/mol. The minimum absolute atomic E-state index is 0.00777. The third-order valence-corrected chi connectivity index (χ3v) is 3.53. The molecule has 26 heavy (non-hydrogen) atoms. The average molecular weight is 370 g/mol. The van der Waals surface area contributed by atoms with E-state index in [0.29, 0.717) is 12.2 Å². The number of hydrogen-bond acceptors (Lipinski definition) is 4. The lowest BCUT2D eigenvalue weighted by molar-refractivity contribution is -0.274. The SMILES string of the molecule is CN(C)C(CN=C(N)Nc1ccc(OC(F)(F)F)cc1)c1cnn(C)c1. The molecule has 2 rings (SSSR count). The highest BCUT2D eigenvalue weighted by atomic mass is 19.4. The number of aryl methyl sites for hydroxylation is 1. The highest BCUT2D eigenvalue weighted by molar-refractivity contribution is 5.92. The molecule has 2 aromatic rings. The van der Waals surface area contributed by atoms with E-state index >= 15 is 0 Å². The fourth-order valence-electron chi connectivity index (χ4n) is 2.29. The molecule has 0 saturated carbocycles. The van der Waals surface area contributed by atoms with Gasteiger partial charge in [0.15, 0.2) is 5.96 Å². The number of alkyl halides is 3. The monoisotopic (exact) mass is 370 g/mol. The molecule has 1 unspecified atom stereocenters. The molecule has 7 nitrogen and oxygen atoms in total. The van der Waals surface area contributed by atoms with Crippen molar-refractivity contribution in [3.63, 3.8) is 0 Å². The number of nitrogens with two attached hydrogens (primary N) is 1. The van der Waals surface area contributed by atoms with Crippen LogP contribution in [0, 0.1) is 0 Å². The number of aromatic nitrogens is 2. The summed E-state index contributed by atoms with van der Waals surface area (Å²) in [6.07, 6.45) is -1.05. The zero-order valence-electron chi connectivity index (χ0n) is 14.7. The fourth-order valence-corrected chi connectivity index (χ4v) is 2.29. The van der Waals surface area contributed by atoms with Crippen molar-refractivity contribution in [1.82, 2.24) is 14.7 Å². The van der Waals surface area contributed by atoms with Crippen molar-refractivity contribution in [2.75, 3.05) is 26.0 Å². The maximum Gasteiger partial charge on any atom is 0.573 e. The Balaban J connectivity index is 1.98. The lowest BCUT2D eigenvalue weighted by Gasteiger charge is -2.21. The van der Waals surface area contributed by atoms with Gasteiger partial charge in [-0.05, 0) is 38.4 Å². The molecule has 0 aliphatic carbocycles. The number of halogens is 3. The van der Waals surface area contributed by atoms with E-state index in [1.165, 1.54) is 24.3 Å². The van der Waals surface area contributed by atoms with Gasteiger partial charge in [0, 0.05) is 24.5 Å². The summed E-state index contributed by atoms with van der Waals surface area (Å²) in [5.41, 5.74) is 7.37. The van der Waals surface area contributed by atoms with Crippen LogP contribution in [-0.4, -0.2) is 47.6 Å². The summed E-state index contributed by atoms with van der Waals surface area (Å²) in [4.78, 5) is 6.30. The Bertz CT molecular complexity index is 739. The van der Waals surface area contributed by atoms with E-state index in [-0.39, 0.29) is 17.8 Å². The standard InChI is InChI=1S/C16H21F3N6O/c1-24(2)14(11-8-22-25(3)10-11)9-21-15(20)23-12-4-6-13(7-5-12)26-16(17,18)19/h4-8,10,14H,9H2,1-3H3,(H3,20,21,23). The summed E-state index contributed by atoms with van der Waals surface area (Å²) in [6, 6.07) is 5.23. The van der Waals surface area contributed by atoms with Gasteiger partial charge in [0.05, 0.1) is 18.8 Å². The molecule has 1 aromatic carbocycles. The first-order valence-electron chi connectivity index (χ1n) is 7.72. The van der Waals surface area contributed by atoms with Gasteiger partial charge >= 0.3 is 6.36 Å². The van der Waals surface area contributed by atoms with Gasteiger partial charge < -0.3 is 20.7 Å².